The first-order chi connectivity index (χ1) is 16.5. The van der Waals surface area contributed by atoms with Crippen molar-refractivity contribution in [2.45, 2.75) is 38.4 Å². The highest BCUT2D eigenvalue weighted by Gasteiger charge is 2.41. The van der Waals surface area contributed by atoms with Crippen molar-refractivity contribution in [3.63, 3.8) is 0 Å². The zero-order valence-corrected chi connectivity index (χ0v) is 18.9. The summed E-state index contributed by atoms with van der Waals surface area (Å²) in [6.07, 6.45) is -1.58. The molecule has 1 aromatic carbocycles. The Hall–Kier alpha value is -3.72. The molecule has 3 rings (SSSR count). The van der Waals surface area contributed by atoms with E-state index in [0.717, 1.165) is 6.07 Å². The van der Waals surface area contributed by atoms with Gasteiger partial charge in [0.1, 0.15) is 23.2 Å². The van der Waals surface area contributed by atoms with Crippen LogP contribution in [0.5, 0.6) is 5.75 Å². The number of hydrogen-bond acceptors (Lipinski definition) is 8. The van der Waals surface area contributed by atoms with Gasteiger partial charge in [0.15, 0.2) is 0 Å². The number of aliphatic hydroxyl groups is 1. The van der Waals surface area contributed by atoms with Gasteiger partial charge in [-0.3, -0.25) is 19.3 Å². The van der Waals surface area contributed by atoms with Crippen LogP contribution in [0.4, 0.5) is 9.18 Å². The lowest BCUT2D eigenvalue weighted by Crippen LogP contribution is -2.63. The highest BCUT2D eigenvalue weighted by molar-refractivity contribution is 6.47. The number of amides is 5. The summed E-state index contributed by atoms with van der Waals surface area (Å²) in [5, 5.41) is 34.2. The molecular weight excluding hydrogens is 470 g/mol. The third kappa shape index (κ3) is 5.20. The molecule has 0 spiro atoms. The van der Waals surface area contributed by atoms with Crippen LogP contribution in [0.2, 0.25) is 0 Å². The standard InChI is InChI=1S/C20H24BFN4O9/c1-3-25-6-7-26(18(30)17(25)29)20(33)24-14(9(2)27)16(28)23-12-8-10-4-5-11(22)13(19(31)32)15(10)35-21(12)34/h4-5,9,12,14,27,34H,3,6-8H2,1-2H3,(H,23,28)(H,24,33)(H,31,32)/t9-,12?,14-/m1/s1. The average molecular weight is 494 g/mol. The topological polar surface area (TPSA) is 186 Å². The van der Waals surface area contributed by atoms with Crippen molar-refractivity contribution in [1.29, 1.82) is 0 Å². The van der Waals surface area contributed by atoms with Crippen molar-refractivity contribution >= 4 is 36.8 Å². The smallest absolute Gasteiger partial charge is 0.534 e. The number of hydrogen-bond donors (Lipinski definition) is 5. The number of fused-ring (bicyclic) bond motifs is 1. The molecule has 13 nitrogen and oxygen atoms in total. The number of carboxylic acid groups (broad SMARTS) is 1. The Balaban J connectivity index is 1.71. The number of carboxylic acids is 1. The predicted octanol–water partition coefficient (Wildman–Crippen LogP) is -1.89. The molecule has 35 heavy (non-hydrogen) atoms. The van der Waals surface area contributed by atoms with E-state index in [2.05, 4.69) is 10.6 Å². The van der Waals surface area contributed by atoms with E-state index in [1.54, 1.807) is 6.92 Å². The van der Waals surface area contributed by atoms with Crippen LogP contribution in [0.25, 0.3) is 0 Å². The summed E-state index contributed by atoms with van der Waals surface area (Å²) in [6.45, 7) is 3.18. The van der Waals surface area contributed by atoms with Crippen LogP contribution in [0.1, 0.15) is 29.8 Å². The van der Waals surface area contributed by atoms with E-state index in [1.807, 2.05) is 0 Å². The van der Waals surface area contributed by atoms with Gasteiger partial charge in [0.25, 0.3) is 0 Å². The lowest BCUT2D eigenvalue weighted by molar-refractivity contribution is -0.153. The molecule has 15 heteroatoms. The maximum absolute atomic E-state index is 13.9. The van der Waals surface area contributed by atoms with Crippen molar-refractivity contribution in [1.82, 2.24) is 20.4 Å². The molecule has 1 fully saturated rings. The minimum atomic E-state index is -1.77. The molecule has 0 aliphatic carbocycles. The van der Waals surface area contributed by atoms with Crippen molar-refractivity contribution in [3.8, 4) is 5.75 Å². The Morgan fingerprint density at radius 1 is 1.26 bits per heavy atom. The van der Waals surface area contributed by atoms with Gasteiger partial charge >= 0.3 is 30.9 Å². The van der Waals surface area contributed by atoms with Gasteiger partial charge in [-0.05, 0) is 31.9 Å². The van der Waals surface area contributed by atoms with Crippen LogP contribution in [0, 0.1) is 5.82 Å². The summed E-state index contributed by atoms with van der Waals surface area (Å²) in [6, 6.07) is -0.481. The number of urea groups is 1. The Morgan fingerprint density at radius 2 is 1.94 bits per heavy atom. The van der Waals surface area contributed by atoms with Gasteiger partial charge in [-0.2, -0.15) is 0 Å². The maximum Gasteiger partial charge on any atom is 0.547 e. The molecule has 0 bridgehead atoms. The van der Waals surface area contributed by atoms with Gasteiger partial charge in [-0.1, -0.05) is 6.07 Å². The molecule has 1 aromatic rings. The molecule has 3 atom stereocenters. The Labute approximate surface area is 199 Å². The third-order valence-corrected chi connectivity index (χ3v) is 5.73. The van der Waals surface area contributed by atoms with E-state index in [1.165, 1.54) is 17.9 Å². The highest BCUT2D eigenvalue weighted by atomic mass is 19.1. The first kappa shape index (κ1) is 25.9. The summed E-state index contributed by atoms with van der Waals surface area (Å²) in [4.78, 5) is 62.9. The molecule has 0 saturated carbocycles. The van der Waals surface area contributed by atoms with Crippen LogP contribution in [0.15, 0.2) is 12.1 Å². The summed E-state index contributed by atoms with van der Waals surface area (Å²) in [5.41, 5.74) is -0.558. The zero-order chi connectivity index (χ0) is 26.0. The first-order valence-corrected chi connectivity index (χ1v) is 10.7. The summed E-state index contributed by atoms with van der Waals surface area (Å²) < 4.78 is 19.1. The molecule has 2 aliphatic rings. The number of rotatable bonds is 6. The van der Waals surface area contributed by atoms with Crippen molar-refractivity contribution in [2.24, 2.45) is 0 Å². The minimum absolute atomic E-state index is 0.104. The van der Waals surface area contributed by atoms with Gasteiger partial charge in [0, 0.05) is 19.6 Å². The zero-order valence-electron chi connectivity index (χ0n) is 18.9. The quantitative estimate of drug-likeness (QED) is 0.223. The molecule has 0 radical (unpaired) electrons. The molecule has 188 valence electrons. The Kier molecular flexibility index (Phi) is 7.60. The fourth-order valence-corrected chi connectivity index (χ4v) is 3.82. The molecule has 0 aromatic heterocycles. The monoisotopic (exact) mass is 494 g/mol. The van der Waals surface area contributed by atoms with E-state index in [4.69, 9.17) is 4.65 Å². The van der Waals surface area contributed by atoms with Gasteiger partial charge in [0.05, 0.1) is 12.0 Å². The number of nitrogens with one attached hydrogen (secondary N) is 2. The average Bonchev–Trinajstić information content (AvgIpc) is 2.79. The largest absolute Gasteiger partial charge is 0.547 e. The molecular formula is C20H24BFN4O9. The van der Waals surface area contributed by atoms with E-state index >= 15 is 0 Å². The first-order valence-electron chi connectivity index (χ1n) is 10.7. The fraction of sp³-hybridized carbons (Fsp3) is 0.450. The lowest BCUT2D eigenvalue weighted by atomic mass is 9.72. The lowest BCUT2D eigenvalue weighted by Gasteiger charge is -2.33. The summed E-state index contributed by atoms with van der Waals surface area (Å²) in [5.74, 6) is -7.06. The number of imide groups is 1. The SMILES string of the molecule is CCN1CCN(C(=O)N[C@@H](C(=O)NC2Cc3ccc(F)c(C(=O)O)c3OB2O)[C@@H](C)O)C(=O)C1=O. The molecule has 5 amide bonds. The maximum atomic E-state index is 13.9. The number of carbonyl (C=O) groups is 5. The van der Waals surface area contributed by atoms with Crippen molar-refractivity contribution < 1.29 is 48.3 Å². The van der Waals surface area contributed by atoms with Gasteiger partial charge in [-0.25, -0.2) is 14.0 Å². The van der Waals surface area contributed by atoms with Crippen LogP contribution in [-0.2, 0) is 20.8 Å². The van der Waals surface area contributed by atoms with Crippen molar-refractivity contribution in [3.05, 3.63) is 29.1 Å². The number of aliphatic hydroxyl groups excluding tert-OH is 1. The molecule has 5 N–H and O–H groups in total. The van der Waals surface area contributed by atoms with Gasteiger partial charge in [0.2, 0.25) is 5.91 Å². The molecule has 2 aliphatic heterocycles. The van der Waals surface area contributed by atoms with Gasteiger partial charge in [-0.15, -0.1) is 0 Å². The van der Waals surface area contributed by atoms with E-state index in [0.29, 0.717) is 4.90 Å². The molecule has 1 saturated heterocycles. The molecule has 2 heterocycles. The van der Waals surface area contributed by atoms with Crippen LogP contribution >= 0.6 is 0 Å². The summed E-state index contributed by atoms with van der Waals surface area (Å²) in [7, 11) is -1.77. The number of halogens is 1. The van der Waals surface area contributed by atoms with E-state index in [-0.39, 0.29) is 37.4 Å². The number of piperazine rings is 1. The Bertz CT molecular complexity index is 1070. The van der Waals surface area contributed by atoms with Crippen molar-refractivity contribution in [2.75, 3.05) is 19.6 Å². The second-order valence-corrected chi connectivity index (χ2v) is 8.05. The number of carbonyl (C=O) groups excluding carboxylic acids is 4. The second kappa shape index (κ2) is 10.3. The van der Waals surface area contributed by atoms with Crippen LogP contribution < -0.4 is 15.3 Å². The Morgan fingerprint density at radius 3 is 2.54 bits per heavy atom. The molecule has 1 unspecified atom stereocenters. The second-order valence-electron chi connectivity index (χ2n) is 8.05. The number of benzene rings is 1. The number of nitrogens with zero attached hydrogens (tertiary/aromatic N) is 2. The predicted molar refractivity (Wildman–Crippen MR) is 116 cm³/mol. The minimum Gasteiger partial charge on any atom is -0.534 e. The number of aromatic carboxylic acids is 1. The van der Waals surface area contributed by atoms with Crippen LogP contribution in [0.3, 0.4) is 0 Å². The van der Waals surface area contributed by atoms with Crippen LogP contribution in [-0.4, -0.2) is 99.6 Å². The van der Waals surface area contributed by atoms with E-state index < -0.39 is 66.3 Å². The van der Waals surface area contributed by atoms with E-state index in [9.17, 15) is 43.6 Å². The summed E-state index contributed by atoms with van der Waals surface area (Å²) >= 11 is 0. The highest BCUT2D eigenvalue weighted by Crippen LogP contribution is 2.32. The fourth-order valence-electron chi connectivity index (χ4n) is 3.82. The number of likely N-dealkylation sites (N-methyl/N-ethyl adjacent to an activating group) is 1. The van der Waals surface area contributed by atoms with Gasteiger partial charge < -0.3 is 35.4 Å². The normalized spacial score (nSPS) is 19.5. The third-order valence-electron chi connectivity index (χ3n) is 5.73.